The third-order valence-corrected chi connectivity index (χ3v) is 8.26. The number of halogens is 1. The van der Waals surface area contributed by atoms with Gasteiger partial charge in [0.15, 0.2) is 4.75 Å². The molecule has 1 aromatic heterocycles. The smallest absolute Gasteiger partial charge is 0.323 e. The van der Waals surface area contributed by atoms with Gasteiger partial charge in [-0.3, -0.25) is 9.59 Å². The summed E-state index contributed by atoms with van der Waals surface area (Å²) < 4.78 is -1.40. The zero-order valence-corrected chi connectivity index (χ0v) is 21.0. The average molecular weight is 503 g/mol. The van der Waals surface area contributed by atoms with E-state index in [1.807, 2.05) is 81.6 Å². The molecular formula is C27H24BClN2O3S. The molecule has 0 unspecified atom stereocenters. The Kier molecular flexibility index (Phi) is 6.15. The van der Waals surface area contributed by atoms with E-state index >= 15 is 0 Å². The maximum atomic E-state index is 13.5. The number of benzene rings is 3. The van der Waals surface area contributed by atoms with Crippen molar-refractivity contribution in [2.24, 2.45) is 0 Å². The number of fused-ring (bicyclic) bond motifs is 1. The van der Waals surface area contributed by atoms with Crippen LogP contribution in [0.4, 0.5) is 0 Å². The van der Waals surface area contributed by atoms with E-state index in [4.69, 9.17) is 11.6 Å². The fourth-order valence-corrected chi connectivity index (χ4v) is 6.31. The number of aromatic nitrogens is 1. The molecule has 1 aliphatic rings. The zero-order valence-electron chi connectivity index (χ0n) is 19.4. The van der Waals surface area contributed by atoms with Gasteiger partial charge in [0.1, 0.15) is 7.85 Å². The Hall–Kier alpha value is -3.16. The van der Waals surface area contributed by atoms with Crippen molar-refractivity contribution in [1.82, 2.24) is 9.88 Å². The summed E-state index contributed by atoms with van der Waals surface area (Å²) in [4.78, 5) is 32.3. The molecule has 1 aliphatic heterocycles. The molecule has 2 N–H and O–H groups in total. The van der Waals surface area contributed by atoms with Crippen LogP contribution in [0.1, 0.15) is 29.2 Å². The lowest BCUT2D eigenvalue weighted by Crippen LogP contribution is -2.41. The summed E-state index contributed by atoms with van der Waals surface area (Å²) in [6, 6.07) is 20.6. The van der Waals surface area contributed by atoms with Gasteiger partial charge in [0.2, 0.25) is 5.91 Å². The predicted molar refractivity (Wildman–Crippen MR) is 143 cm³/mol. The second kappa shape index (κ2) is 9.13. The number of hydrogen-bond donors (Lipinski definition) is 2. The minimum absolute atomic E-state index is 0.0995. The molecular weight excluding hydrogens is 479 g/mol. The Morgan fingerprint density at radius 1 is 1.17 bits per heavy atom. The lowest BCUT2D eigenvalue weighted by atomic mass is 9.91. The Balaban J connectivity index is 1.66. The molecule has 1 amide bonds. The highest BCUT2D eigenvalue weighted by Gasteiger charge is 2.59. The first-order chi connectivity index (χ1) is 16.8. The minimum Gasteiger partial charge on any atom is -0.480 e. The SMILES string of the molecule is Bc1ccc(CN2C(=O)C[C@@](Sc3ccc(C)cc3)(C(=O)O)[C@@H]2c2c[nH]c3cc(Cl)ccc23)cc1. The van der Waals surface area contributed by atoms with Crippen LogP contribution in [0.25, 0.3) is 10.9 Å². The van der Waals surface area contributed by atoms with Gasteiger partial charge < -0.3 is 15.0 Å². The third kappa shape index (κ3) is 4.35. The summed E-state index contributed by atoms with van der Waals surface area (Å²) in [6.45, 7) is 2.32. The number of aromatic amines is 1. The van der Waals surface area contributed by atoms with Crippen molar-refractivity contribution in [2.45, 2.75) is 35.6 Å². The first-order valence-corrected chi connectivity index (χ1v) is 12.6. The third-order valence-electron chi connectivity index (χ3n) is 6.61. The number of thioether (sulfide) groups is 1. The number of aryl methyl sites for hydroxylation is 1. The molecule has 0 radical (unpaired) electrons. The molecule has 5 rings (SSSR count). The molecule has 4 aromatic rings. The van der Waals surface area contributed by atoms with Gasteiger partial charge in [-0.2, -0.15) is 0 Å². The monoisotopic (exact) mass is 502 g/mol. The Morgan fingerprint density at radius 2 is 1.89 bits per heavy atom. The second-order valence-electron chi connectivity index (χ2n) is 9.13. The van der Waals surface area contributed by atoms with Gasteiger partial charge in [-0.1, -0.05) is 65.1 Å². The van der Waals surface area contributed by atoms with E-state index in [2.05, 4.69) is 4.98 Å². The molecule has 35 heavy (non-hydrogen) atoms. The Morgan fingerprint density at radius 3 is 2.57 bits per heavy atom. The summed E-state index contributed by atoms with van der Waals surface area (Å²) in [5, 5.41) is 12.1. The summed E-state index contributed by atoms with van der Waals surface area (Å²) in [7, 11) is 2.01. The van der Waals surface area contributed by atoms with Crippen molar-refractivity contribution in [1.29, 1.82) is 0 Å². The summed E-state index contributed by atoms with van der Waals surface area (Å²) in [6.07, 6.45) is 1.72. The van der Waals surface area contributed by atoms with Crippen LogP contribution < -0.4 is 5.46 Å². The van der Waals surface area contributed by atoms with Crippen LogP contribution in [0.5, 0.6) is 0 Å². The number of nitrogens with one attached hydrogen (secondary N) is 1. The number of carbonyl (C=O) groups is 2. The van der Waals surface area contributed by atoms with Gasteiger partial charge in [0, 0.05) is 39.1 Å². The number of H-pyrrole nitrogens is 1. The van der Waals surface area contributed by atoms with E-state index in [1.54, 1.807) is 11.0 Å². The van der Waals surface area contributed by atoms with E-state index in [0.29, 0.717) is 11.6 Å². The molecule has 1 saturated heterocycles. The van der Waals surface area contributed by atoms with Gasteiger partial charge in [0.05, 0.1) is 12.5 Å². The molecule has 5 nitrogen and oxygen atoms in total. The minimum atomic E-state index is -1.40. The highest BCUT2D eigenvalue weighted by molar-refractivity contribution is 8.01. The maximum Gasteiger partial charge on any atom is 0.323 e. The number of rotatable bonds is 6. The van der Waals surface area contributed by atoms with Crippen LogP contribution in [-0.4, -0.2) is 39.5 Å². The van der Waals surface area contributed by atoms with E-state index in [-0.39, 0.29) is 12.3 Å². The van der Waals surface area contributed by atoms with Crippen LogP contribution >= 0.6 is 23.4 Å². The molecule has 3 aromatic carbocycles. The normalized spacial score (nSPS) is 20.0. The van der Waals surface area contributed by atoms with E-state index in [9.17, 15) is 14.7 Å². The summed E-state index contributed by atoms with van der Waals surface area (Å²) in [5.74, 6) is -1.18. The van der Waals surface area contributed by atoms with Crippen LogP contribution in [0.2, 0.25) is 5.02 Å². The first kappa shape index (κ1) is 23.6. The fraction of sp³-hybridized carbons (Fsp3) is 0.185. The quantitative estimate of drug-likeness (QED) is 0.381. The van der Waals surface area contributed by atoms with Crippen molar-refractivity contribution in [3.63, 3.8) is 0 Å². The zero-order chi connectivity index (χ0) is 24.7. The highest BCUT2D eigenvalue weighted by Crippen LogP contribution is 2.54. The van der Waals surface area contributed by atoms with Gasteiger partial charge in [-0.05, 0) is 36.8 Å². The number of carboxylic acids is 1. The van der Waals surface area contributed by atoms with Gasteiger partial charge in [-0.15, -0.1) is 11.8 Å². The highest BCUT2D eigenvalue weighted by atomic mass is 35.5. The summed E-state index contributed by atoms with van der Waals surface area (Å²) in [5.41, 5.74) is 4.76. The van der Waals surface area contributed by atoms with Crippen molar-refractivity contribution >= 4 is 59.5 Å². The number of amides is 1. The molecule has 0 bridgehead atoms. The van der Waals surface area contributed by atoms with Crippen molar-refractivity contribution in [2.75, 3.05) is 0 Å². The molecule has 8 heteroatoms. The van der Waals surface area contributed by atoms with Crippen molar-refractivity contribution in [3.05, 3.63) is 94.6 Å². The number of aliphatic carboxylic acids is 1. The van der Waals surface area contributed by atoms with Crippen LogP contribution in [0, 0.1) is 6.92 Å². The first-order valence-electron chi connectivity index (χ1n) is 11.4. The topological polar surface area (TPSA) is 73.4 Å². The van der Waals surface area contributed by atoms with Gasteiger partial charge >= 0.3 is 5.97 Å². The predicted octanol–water partition coefficient (Wildman–Crippen LogP) is 4.48. The van der Waals surface area contributed by atoms with Crippen molar-refractivity contribution < 1.29 is 14.7 Å². The van der Waals surface area contributed by atoms with Crippen LogP contribution in [0.3, 0.4) is 0 Å². The molecule has 176 valence electrons. The molecule has 2 heterocycles. The van der Waals surface area contributed by atoms with E-state index < -0.39 is 16.8 Å². The van der Waals surface area contributed by atoms with Gasteiger partial charge in [-0.25, -0.2) is 0 Å². The van der Waals surface area contributed by atoms with Gasteiger partial charge in [0.25, 0.3) is 0 Å². The lowest BCUT2D eigenvalue weighted by molar-refractivity contribution is -0.140. The van der Waals surface area contributed by atoms with E-state index in [1.165, 1.54) is 11.8 Å². The molecule has 0 saturated carbocycles. The second-order valence-corrected chi connectivity index (χ2v) is 11.0. The van der Waals surface area contributed by atoms with Crippen molar-refractivity contribution in [3.8, 4) is 0 Å². The standard InChI is InChI=1S/C27H24BClN2O3S/c1-16-2-9-20(10-3-16)35-27(26(33)34)13-24(32)31(15-17-4-6-18(28)7-5-17)25(27)22-14-30-23-12-19(29)8-11-21(22)23/h2-12,14,25,30H,13,15,28H2,1H3,(H,33,34)/t25-,27-/m0/s1. The molecule has 0 aliphatic carbocycles. The average Bonchev–Trinajstić information content (AvgIpc) is 3.35. The maximum absolute atomic E-state index is 13.5. The lowest BCUT2D eigenvalue weighted by Gasteiger charge is -2.34. The number of likely N-dealkylation sites (tertiary alicyclic amines) is 1. The Bertz CT molecular complexity index is 1420. The summed E-state index contributed by atoms with van der Waals surface area (Å²) >= 11 is 7.46. The molecule has 2 atom stereocenters. The number of hydrogen-bond acceptors (Lipinski definition) is 3. The largest absolute Gasteiger partial charge is 0.480 e. The fourth-order valence-electron chi connectivity index (χ4n) is 4.80. The van der Waals surface area contributed by atoms with E-state index in [0.717, 1.165) is 38.0 Å². The Labute approximate surface area is 213 Å². The van der Waals surface area contributed by atoms with Crippen LogP contribution in [-0.2, 0) is 16.1 Å². The number of carbonyl (C=O) groups excluding carboxylic acids is 1. The number of nitrogens with zero attached hydrogens (tertiary/aromatic N) is 1. The number of carboxylic acid groups (broad SMARTS) is 1. The van der Waals surface area contributed by atoms with Crippen LogP contribution in [0.15, 0.2) is 77.8 Å². The molecule has 0 spiro atoms. The molecule has 1 fully saturated rings.